The van der Waals surface area contributed by atoms with E-state index in [1.54, 1.807) is 9.36 Å². The highest BCUT2D eigenvalue weighted by Gasteiger charge is 2.18. The van der Waals surface area contributed by atoms with Crippen LogP contribution in [-0.2, 0) is 20.5 Å². The Labute approximate surface area is 100 Å². The highest BCUT2D eigenvalue weighted by Crippen LogP contribution is 2.14. The molecule has 0 fully saturated rings. The highest BCUT2D eigenvalue weighted by atomic mass is 16.1. The van der Waals surface area contributed by atoms with E-state index >= 15 is 0 Å². The molecule has 2 rings (SSSR count). The Kier molecular flexibility index (Phi) is 2.83. The second-order valence-electron chi connectivity index (χ2n) is 4.25. The van der Waals surface area contributed by atoms with Crippen LogP contribution in [0.15, 0.2) is 12.3 Å². The molecule has 0 aromatic carbocycles. The molecule has 0 bridgehead atoms. The van der Waals surface area contributed by atoms with Crippen molar-refractivity contribution in [2.24, 2.45) is 14.1 Å². The lowest BCUT2D eigenvalue weighted by Gasteiger charge is -1.99. The minimum atomic E-state index is 0.0757. The summed E-state index contributed by atoms with van der Waals surface area (Å²) in [7, 11) is 3.69. The SMILES string of the molecule is Cc1nn(C)c(C)c1C(=O)Cc1ccn(C)n1. The molecule has 0 N–H and O–H groups in total. The van der Waals surface area contributed by atoms with Crippen molar-refractivity contribution in [2.75, 3.05) is 0 Å². The van der Waals surface area contributed by atoms with E-state index in [-0.39, 0.29) is 5.78 Å². The number of aromatic nitrogens is 4. The lowest BCUT2D eigenvalue weighted by atomic mass is 10.1. The fraction of sp³-hybridized carbons (Fsp3) is 0.417. The molecule has 2 aromatic rings. The summed E-state index contributed by atoms with van der Waals surface area (Å²) in [5.74, 6) is 0.0757. The fourth-order valence-electron chi connectivity index (χ4n) is 1.99. The van der Waals surface area contributed by atoms with Gasteiger partial charge in [-0.05, 0) is 19.9 Å². The molecule has 0 aliphatic heterocycles. The van der Waals surface area contributed by atoms with Gasteiger partial charge in [-0.2, -0.15) is 10.2 Å². The zero-order chi connectivity index (χ0) is 12.6. The maximum absolute atomic E-state index is 12.2. The number of carbonyl (C=O) groups excluding carboxylic acids is 1. The van der Waals surface area contributed by atoms with E-state index in [1.807, 2.05) is 40.2 Å². The highest BCUT2D eigenvalue weighted by molar-refractivity contribution is 5.99. The smallest absolute Gasteiger partial charge is 0.172 e. The molecule has 17 heavy (non-hydrogen) atoms. The normalized spacial score (nSPS) is 10.8. The molecular weight excluding hydrogens is 216 g/mol. The topological polar surface area (TPSA) is 52.7 Å². The Morgan fingerprint density at radius 1 is 1.29 bits per heavy atom. The summed E-state index contributed by atoms with van der Waals surface area (Å²) in [6, 6.07) is 1.86. The molecule has 0 spiro atoms. The molecule has 0 unspecified atom stereocenters. The average Bonchev–Trinajstić information content (AvgIpc) is 2.73. The summed E-state index contributed by atoms with van der Waals surface area (Å²) in [5.41, 5.74) is 3.20. The van der Waals surface area contributed by atoms with Gasteiger partial charge in [-0.3, -0.25) is 14.2 Å². The minimum absolute atomic E-state index is 0.0757. The van der Waals surface area contributed by atoms with Crippen molar-refractivity contribution in [3.63, 3.8) is 0 Å². The summed E-state index contributed by atoms with van der Waals surface area (Å²) in [6.45, 7) is 3.77. The molecule has 0 atom stereocenters. The van der Waals surface area contributed by atoms with Crippen LogP contribution in [-0.4, -0.2) is 25.3 Å². The van der Waals surface area contributed by atoms with E-state index < -0.39 is 0 Å². The van der Waals surface area contributed by atoms with Gasteiger partial charge in [0.25, 0.3) is 0 Å². The van der Waals surface area contributed by atoms with Crippen molar-refractivity contribution in [1.82, 2.24) is 19.6 Å². The first kappa shape index (κ1) is 11.6. The van der Waals surface area contributed by atoms with Gasteiger partial charge in [0.15, 0.2) is 5.78 Å². The summed E-state index contributed by atoms with van der Waals surface area (Å²) in [6.07, 6.45) is 2.17. The van der Waals surface area contributed by atoms with E-state index in [4.69, 9.17) is 0 Å². The van der Waals surface area contributed by atoms with Crippen LogP contribution in [0, 0.1) is 13.8 Å². The zero-order valence-electron chi connectivity index (χ0n) is 10.6. The van der Waals surface area contributed by atoms with Crippen molar-refractivity contribution in [1.29, 1.82) is 0 Å². The monoisotopic (exact) mass is 232 g/mol. The van der Waals surface area contributed by atoms with E-state index in [9.17, 15) is 4.79 Å². The van der Waals surface area contributed by atoms with Gasteiger partial charge in [0.05, 0.1) is 23.4 Å². The van der Waals surface area contributed by atoms with Crippen LogP contribution in [0.4, 0.5) is 0 Å². The van der Waals surface area contributed by atoms with Crippen LogP contribution in [0.1, 0.15) is 27.4 Å². The Morgan fingerprint density at radius 2 is 2.00 bits per heavy atom. The summed E-state index contributed by atoms with van der Waals surface area (Å²) >= 11 is 0. The van der Waals surface area contributed by atoms with Gasteiger partial charge in [-0.15, -0.1) is 0 Å². The first-order chi connectivity index (χ1) is 7.99. The van der Waals surface area contributed by atoms with Gasteiger partial charge in [-0.1, -0.05) is 0 Å². The lowest BCUT2D eigenvalue weighted by Crippen LogP contribution is -2.07. The van der Waals surface area contributed by atoms with Gasteiger partial charge >= 0.3 is 0 Å². The third kappa shape index (κ3) is 2.13. The molecular formula is C12H16N4O. The van der Waals surface area contributed by atoms with Crippen LogP contribution >= 0.6 is 0 Å². The molecule has 2 heterocycles. The van der Waals surface area contributed by atoms with Gasteiger partial charge in [0.1, 0.15) is 0 Å². The molecule has 0 aliphatic carbocycles. The van der Waals surface area contributed by atoms with Crippen molar-refractivity contribution in [3.05, 3.63) is 34.9 Å². The van der Waals surface area contributed by atoms with Crippen molar-refractivity contribution >= 4 is 5.78 Å². The van der Waals surface area contributed by atoms with Crippen LogP contribution in [0.25, 0.3) is 0 Å². The molecule has 0 aliphatic rings. The number of Topliss-reactive ketones (excluding diaryl/α,β-unsaturated/α-hetero) is 1. The molecule has 0 saturated heterocycles. The third-order valence-corrected chi connectivity index (χ3v) is 2.90. The maximum Gasteiger partial charge on any atom is 0.172 e. The molecule has 0 saturated carbocycles. The summed E-state index contributed by atoms with van der Waals surface area (Å²) < 4.78 is 3.44. The first-order valence-corrected chi connectivity index (χ1v) is 5.51. The Balaban J connectivity index is 2.26. The van der Waals surface area contributed by atoms with E-state index in [1.165, 1.54) is 0 Å². The Morgan fingerprint density at radius 3 is 2.47 bits per heavy atom. The van der Waals surface area contributed by atoms with Crippen molar-refractivity contribution < 1.29 is 4.79 Å². The molecule has 5 heteroatoms. The Bertz CT molecular complexity index is 565. The largest absolute Gasteiger partial charge is 0.294 e. The molecule has 0 radical (unpaired) electrons. The second-order valence-corrected chi connectivity index (χ2v) is 4.25. The number of hydrogen-bond acceptors (Lipinski definition) is 3. The van der Waals surface area contributed by atoms with Gasteiger partial charge in [-0.25, -0.2) is 0 Å². The number of hydrogen-bond donors (Lipinski definition) is 0. The van der Waals surface area contributed by atoms with E-state index in [0.29, 0.717) is 6.42 Å². The maximum atomic E-state index is 12.2. The van der Waals surface area contributed by atoms with Crippen molar-refractivity contribution in [3.8, 4) is 0 Å². The van der Waals surface area contributed by atoms with E-state index in [0.717, 1.165) is 22.6 Å². The molecule has 90 valence electrons. The van der Waals surface area contributed by atoms with Gasteiger partial charge < -0.3 is 0 Å². The van der Waals surface area contributed by atoms with Crippen LogP contribution in [0.3, 0.4) is 0 Å². The van der Waals surface area contributed by atoms with Crippen LogP contribution in [0.5, 0.6) is 0 Å². The van der Waals surface area contributed by atoms with E-state index in [2.05, 4.69) is 10.2 Å². The van der Waals surface area contributed by atoms with Crippen molar-refractivity contribution in [2.45, 2.75) is 20.3 Å². The third-order valence-electron chi connectivity index (χ3n) is 2.90. The Hall–Kier alpha value is -1.91. The predicted molar refractivity (Wildman–Crippen MR) is 63.9 cm³/mol. The van der Waals surface area contributed by atoms with Gasteiger partial charge in [0, 0.05) is 26.0 Å². The van der Waals surface area contributed by atoms with Gasteiger partial charge in [0.2, 0.25) is 0 Å². The number of rotatable bonds is 3. The number of nitrogens with zero attached hydrogens (tertiary/aromatic N) is 4. The zero-order valence-corrected chi connectivity index (χ0v) is 10.6. The molecule has 2 aromatic heterocycles. The first-order valence-electron chi connectivity index (χ1n) is 5.51. The average molecular weight is 232 g/mol. The summed E-state index contributed by atoms with van der Waals surface area (Å²) in [5, 5.41) is 8.46. The standard InChI is InChI=1S/C12H16N4O/c1-8-12(9(2)16(4)13-8)11(17)7-10-5-6-15(3)14-10/h5-6H,7H2,1-4H3. The quantitative estimate of drug-likeness (QED) is 0.747. The number of aryl methyl sites for hydroxylation is 3. The lowest BCUT2D eigenvalue weighted by molar-refractivity contribution is 0.0990. The summed E-state index contributed by atoms with van der Waals surface area (Å²) in [4.78, 5) is 12.2. The molecule has 0 amide bonds. The number of carbonyl (C=O) groups is 1. The second kappa shape index (κ2) is 4.16. The molecule has 5 nitrogen and oxygen atoms in total. The predicted octanol–water partition coefficient (Wildman–Crippen LogP) is 1.20. The number of ketones is 1. The van der Waals surface area contributed by atoms with Crippen LogP contribution in [0.2, 0.25) is 0 Å². The van der Waals surface area contributed by atoms with Crippen LogP contribution < -0.4 is 0 Å². The minimum Gasteiger partial charge on any atom is -0.294 e. The fourth-order valence-corrected chi connectivity index (χ4v) is 1.99.